The van der Waals surface area contributed by atoms with Crippen molar-refractivity contribution in [3.05, 3.63) is 0 Å². The summed E-state index contributed by atoms with van der Waals surface area (Å²) < 4.78 is 4.57. The van der Waals surface area contributed by atoms with Gasteiger partial charge in [0, 0.05) is 19.4 Å². The average molecular weight is 189 g/mol. The van der Waals surface area contributed by atoms with Gasteiger partial charge in [0.1, 0.15) is 0 Å². The number of nitrogens with zero attached hydrogens (tertiary/aromatic N) is 1. The van der Waals surface area contributed by atoms with Crippen molar-refractivity contribution < 1.29 is 9.53 Å². The Kier molecular flexibility index (Phi) is 6.48. The molecule has 0 saturated heterocycles. The number of hydrogen-bond donors (Lipinski definition) is 2. The smallest absolute Gasteiger partial charge is 0.307 e. The third kappa shape index (κ3) is 4.21. The van der Waals surface area contributed by atoms with Crippen LogP contribution in [-0.2, 0) is 9.53 Å². The molecule has 0 aliphatic carbocycles. The number of methoxy groups -OCH3 is 1. The summed E-state index contributed by atoms with van der Waals surface area (Å²) in [6, 6.07) is 0.0856. The molecule has 5 heteroatoms. The van der Waals surface area contributed by atoms with E-state index in [0.717, 1.165) is 6.42 Å². The van der Waals surface area contributed by atoms with Gasteiger partial charge >= 0.3 is 5.97 Å². The van der Waals surface area contributed by atoms with E-state index in [2.05, 4.69) is 4.74 Å². The Balaban J connectivity index is 4.06. The Bertz CT molecular complexity index is 148. The number of rotatable bonds is 6. The van der Waals surface area contributed by atoms with Gasteiger partial charge in [0.25, 0.3) is 0 Å². The van der Waals surface area contributed by atoms with E-state index in [1.165, 1.54) is 7.11 Å². The Hall–Kier alpha value is -0.650. The quantitative estimate of drug-likeness (QED) is 0.433. The summed E-state index contributed by atoms with van der Waals surface area (Å²) in [5, 5.41) is 0. The predicted octanol–water partition coefficient (Wildman–Crippen LogP) is -0.537. The minimum atomic E-state index is -0.223. The van der Waals surface area contributed by atoms with Gasteiger partial charge in [-0.1, -0.05) is 6.92 Å². The lowest BCUT2D eigenvalue weighted by Crippen LogP contribution is -2.43. The molecule has 0 saturated carbocycles. The summed E-state index contributed by atoms with van der Waals surface area (Å²) in [5.74, 6) is -0.223. The van der Waals surface area contributed by atoms with Crippen LogP contribution in [-0.4, -0.2) is 37.4 Å². The molecule has 0 fully saturated rings. The molecule has 0 bridgehead atoms. The van der Waals surface area contributed by atoms with Gasteiger partial charge in [-0.15, -0.1) is 0 Å². The number of esters is 1. The van der Waals surface area contributed by atoms with E-state index in [1.54, 1.807) is 0 Å². The van der Waals surface area contributed by atoms with E-state index in [0.29, 0.717) is 19.8 Å². The lowest BCUT2D eigenvalue weighted by molar-refractivity contribution is -0.142. The summed E-state index contributed by atoms with van der Waals surface area (Å²) in [7, 11) is 1.38. The van der Waals surface area contributed by atoms with Gasteiger partial charge < -0.3 is 16.2 Å². The fraction of sp³-hybridized carbons (Fsp3) is 0.875. The number of carbonyl (C=O) groups is 1. The molecule has 0 spiro atoms. The molecule has 0 amide bonds. The monoisotopic (exact) mass is 189 g/mol. The highest BCUT2D eigenvalue weighted by Crippen LogP contribution is 2.06. The molecule has 4 N–H and O–H groups in total. The molecule has 0 rings (SSSR count). The molecular weight excluding hydrogens is 170 g/mol. The van der Waals surface area contributed by atoms with Gasteiger partial charge in [0.2, 0.25) is 0 Å². The molecule has 78 valence electrons. The van der Waals surface area contributed by atoms with Crippen LogP contribution in [0.5, 0.6) is 0 Å². The molecule has 0 aromatic rings. The van der Waals surface area contributed by atoms with Gasteiger partial charge in [-0.2, -0.15) is 0 Å². The van der Waals surface area contributed by atoms with E-state index in [9.17, 15) is 4.79 Å². The highest BCUT2D eigenvalue weighted by molar-refractivity contribution is 5.69. The summed E-state index contributed by atoms with van der Waals surface area (Å²) in [5.41, 5.74) is 10.9. The zero-order valence-corrected chi connectivity index (χ0v) is 8.32. The van der Waals surface area contributed by atoms with Crippen molar-refractivity contribution in [2.45, 2.75) is 25.8 Å². The maximum Gasteiger partial charge on any atom is 0.307 e. The maximum absolute atomic E-state index is 11.0. The number of ether oxygens (including phenoxy) is 1. The van der Waals surface area contributed by atoms with Crippen LogP contribution in [0.1, 0.15) is 19.8 Å². The van der Waals surface area contributed by atoms with E-state index >= 15 is 0 Å². The van der Waals surface area contributed by atoms with Crippen LogP contribution in [0.4, 0.5) is 0 Å². The largest absolute Gasteiger partial charge is 0.469 e. The molecule has 1 unspecified atom stereocenters. The van der Waals surface area contributed by atoms with Crippen molar-refractivity contribution in [2.24, 2.45) is 11.5 Å². The summed E-state index contributed by atoms with van der Waals surface area (Å²) in [6.07, 6.45) is 1.19. The third-order valence-corrected chi connectivity index (χ3v) is 2.09. The fourth-order valence-electron chi connectivity index (χ4n) is 1.18. The zero-order chi connectivity index (χ0) is 10.3. The van der Waals surface area contributed by atoms with Gasteiger partial charge in [0.15, 0.2) is 0 Å². The second kappa shape index (κ2) is 6.82. The van der Waals surface area contributed by atoms with E-state index in [1.807, 2.05) is 11.8 Å². The van der Waals surface area contributed by atoms with Crippen molar-refractivity contribution in [3.8, 4) is 0 Å². The summed E-state index contributed by atoms with van der Waals surface area (Å²) >= 11 is 0. The maximum atomic E-state index is 11.0. The Morgan fingerprint density at radius 3 is 2.31 bits per heavy atom. The number of nitrogens with two attached hydrogens (primary N) is 2. The van der Waals surface area contributed by atoms with Crippen LogP contribution in [0.2, 0.25) is 0 Å². The molecule has 0 aromatic carbocycles. The highest BCUT2D eigenvalue weighted by Gasteiger charge is 2.17. The van der Waals surface area contributed by atoms with Crippen molar-refractivity contribution in [3.63, 3.8) is 0 Å². The molecule has 0 aromatic heterocycles. The second-order valence-corrected chi connectivity index (χ2v) is 2.80. The predicted molar refractivity (Wildman–Crippen MR) is 50.7 cm³/mol. The zero-order valence-electron chi connectivity index (χ0n) is 8.32. The van der Waals surface area contributed by atoms with Gasteiger partial charge in [-0.25, -0.2) is 0 Å². The lowest BCUT2D eigenvalue weighted by Gasteiger charge is -2.27. The Morgan fingerprint density at radius 2 is 2.00 bits per heavy atom. The normalized spacial score (nSPS) is 13.0. The molecular formula is C8H19N3O2. The average Bonchev–Trinajstić information content (AvgIpc) is 2.17. The first-order valence-electron chi connectivity index (χ1n) is 4.40. The minimum absolute atomic E-state index is 0.0856. The minimum Gasteiger partial charge on any atom is -0.469 e. The second-order valence-electron chi connectivity index (χ2n) is 2.80. The number of carbonyl (C=O) groups excluding carboxylic acids is 1. The third-order valence-electron chi connectivity index (χ3n) is 2.09. The van der Waals surface area contributed by atoms with E-state index in [4.69, 9.17) is 11.5 Å². The first-order valence-corrected chi connectivity index (χ1v) is 4.40. The first-order chi connectivity index (χ1) is 6.19. The Labute approximate surface area is 79.0 Å². The molecule has 1 atom stereocenters. The molecule has 0 radical (unpaired) electrons. The first kappa shape index (κ1) is 12.3. The van der Waals surface area contributed by atoms with Gasteiger partial charge in [-0.3, -0.25) is 9.69 Å². The van der Waals surface area contributed by atoms with Crippen LogP contribution in [0, 0.1) is 0 Å². The summed E-state index contributed by atoms with van der Waals surface area (Å²) in [6.45, 7) is 2.73. The van der Waals surface area contributed by atoms with Crippen LogP contribution < -0.4 is 11.5 Å². The standard InChI is InChI=1S/C8H19N3O2/c1-3-7(4-8(12)13-2)11(5-9)6-10/h7H,3-6,9-10H2,1-2H3. The van der Waals surface area contributed by atoms with Crippen LogP contribution in [0.25, 0.3) is 0 Å². The lowest BCUT2D eigenvalue weighted by atomic mass is 10.1. The van der Waals surface area contributed by atoms with Crippen molar-refractivity contribution >= 4 is 5.97 Å². The fourth-order valence-corrected chi connectivity index (χ4v) is 1.18. The van der Waals surface area contributed by atoms with Crippen molar-refractivity contribution in [1.82, 2.24) is 4.90 Å². The van der Waals surface area contributed by atoms with Crippen LogP contribution in [0.15, 0.2) is 0 Å². The topological polar surface area (TPSA) is 81.6 Å². The van der Waals surface area contributed by atoms with E-state index < -0.39 is 0 Å². The molecule has 0 heterocycles. The van der Waals surface area contributed by atoms with Crippen molar-refractivity contribution in [1.29, 1.82) is 0 Å². The number of hydrogen-bond acceptors (Lipinski definition) is 5. The summed E-state index contributed by atoms with van der Waals surface area (Å²) in [4.78, 5) is 12.8. The Morgan fingerprint density at radius 1 is 1.46 bits per heavy atom. The highest BCUT2D eigenvalue weighted by atomic mass is 16.5. The van der Waals surface area contributed by atoms with Crippen LogP contribution >= 0.6 is 0 Å². The van der Waals surface area contributed by atoms with Gasteiger partial charge in [0.05, 0.1) is 13.5 Å². The van der Waals surface area contributed by atoms with E-state index in [-0.39, 0.29) is 12.0 Å². The van der Waals surface area contributed by atoms with Crippen molar-refractivity contribution in [2.75, 3.05) is 20.4 Å². The van der Waals surface area contributed by atoms with Gasteiger partial charge in [-0.05, 0) is 6.42 Å². The molecule has 0 aliphatic heterocycles. The molecule has 0 aliphatic rings. The van der Waals surface area contributed by atoms with Crippen LogP contribution in [0.3, 0.4) is 0 Å². The molecule has 13 heavy (non-hydrogen) atoms. The SMILES string of the molecule is CCC(CC(=O)OC)N(CN)CN. The molecule has 5 nitrogen and oxygen atoms in total.